The summed E-state index contributed by atoms with van der Waals surface area (Å²) in [6.45, 7) is 0. The maximum absolute atomic E-state index is 12.5. The third-order valence-corrected chi connectivity index (χ3v) is 4.57. The molecule has 4 rings (SSSR count). The van der Waals surface area contributed by atoms with E-state index in [1.807, 2.05) is 30.3 Å². The van der Waals surface area contributed by atoms with Gasteiger partial charge in [0.05, 0.1) is 5.69 Å². The fourth-order valence-corrected chi connectivity index (χ4v) is 3.69. The molecule has 18 heavy (non-hydrogen) atoms. The summed E-state index contributed by atoms with van der Waals surface area (Å²) in [7, 11) is 0. The average molecular weight is 239 g/mol. The number of allylic oxidation sites excluding steroid dienone is 2. The second-order valence-corrected chi connectivity index (χ2v) is 5.44. The Morgan fingerprint density at radius 2 is 1.78 bits per heavy atom. The van der Waals surface area contributed by atoms with Crippen molar-refractivity contribution in [2.24, 2.45) is 17.3 Å². The van der Waals surface area contributed by atoms with E-state index in [9.17, 15) is 9.59 Å². The van der Waals surface area contributed by atoms with Crippen LogP contribution in [-0.4, -0.2) is 11.8 Å². The molecule has 1 aromatic carbocycles. The van der Waals surface area contributed by atoms with Crippen molar-refractivity contribution in [3.05, 3.63) is 42.5 Å². The van der Waals surface area contributed by atoms with Crippen molar-refractivity contribution >= 4 is 17.5 Å². The van der Waals surface area contributed by atoms with E-state index in [-0.39, 0.29) is 17.7 Å². The zero-order valence-electron chi connectivity index (χ0n) is 9.87. The standard InChI is InChI=1S/C15H13NO2/c17-13-15(9-10-6-7-11(15)8-10)14(18)16(13)12-4-2-1-3-5-12/h1-7,10-11H,8-9H2/t10-,11+/m0/s1. The van der Waals surface area contributed by atoms with E-state index in [2.05, 4.69) is 12.2 Å². The lowest BCUT2D eigenvalue weighted by Gasteiger charge is -2.47. The van der Waals surface area contributed by atoms with Gasteiger partial charge in [-0.2, -0.15) is 0 Å². The molecule has 2 fully saturated rings. The van der Waals surface area contributed by atoms with Crippen LogP contribution in [0.2, 0.25) is 0 Å². The molecule has 2 amide bonds. The van der Waals surface area contributed by atoms with Crippen LogP contribution in [0.4, 0.5) is 5.69 Å². The van der Waals surface area contributed by atoms with E-state index in [4.69, 9.17) is 0 Å². The highest BCUT2D eigenvalue weighted by atomic mass is 16.2. The monoisotopic (exact) mass is 239 g/mol. The molecular weight excluding hydrogens is 226 g/mol. The van der Waals surface area contributed by atoms with Crippen molar-refractivity contribution in [1.82, 2.24) is 0 Å². The zero-order valence-corrected chi connectivity index (χ0v) is 9.87. The van der Waals surface area contributed by atoms with Crippen LogP contribution < -0.4 is 4.90 Å². The first-order valence-corrected chi connectivity index (χ1v) is 6.36. The predicted octanol–water partition coefficient (Wildman–Crippen LogP) is 2.14. The quantitative estimate of drug-likeness (QED) is 0.428. The van der Waals surface area contributed by atoms with E-state index >= 15 is 0 Å². The number of carbonyl (C=O) groups is 2. The number of hydrogen-bond acceptors (Lipinski definition) is 2. The molecule has 0 radical (unpaired) electrons. The highest BCUT2D eigenvalue weighted by Crippen LogP contribution is 2.58. The smallest absolute Gasteiger partial charge is 0.250 e. The third kappa shape index (κ3) is 0.964. The molecular formula is C15H13NO2. The number of amides is 2. The Labute approximate surface area is 105 Å². The Bertz CT molecular complexity index is 559. The zero-order chi connectivity index (χ0) is 12.3. The topological polar surface area (TPSA) is 37.4 Å². The number of nitrogens with zero attached hydrogens (tertiary/aromatic N) is 1. The molecule has 0 unspecified atom stereocenters. The van der Waals surface area contributed by atoms with Crippen LogP contribution in [0.1, 0.15) is 12.8 Å². The third-order valence-electron chi connectivity index (χ3n) is 4.57. The summed E-state index contributed by atoms with van der Waals surface area (Å²) in [4.78, 5) is 26.3. The number of rotatable bonds is 1. The lowest BCUT2D eigenvalue weighted by atomic mass is 9.67. The van der Waals surface area contributed by atoms with Crippen LogP contribution >= 0.6 is 0 Å². The molecule has 90 valence electrons. The Balaban J connectivity index is 1.72. The number of benzene rings is 1. The molecule has 1 saturated heterocycles. The van der Waals surface area contributed by atoms with Crippen LogP contribution in [0.3, 0.4) is 0 Å². The highest BCUT2D eigenvalue weighted by molar-refractivity contribution is 6.36. The molecule has 2 aliphatic carbocycles. The van der Waals surface area contributed by atoms with Crippen LogP contribution in [0, 0.1) is 17.3 Å². The van der Waals surface area contributed by atoms with E-state index in [1.165, 1.54) is 4.90 Å². The van der Waals surface area contributed by atoms with Gasteiger partial charge in [-0.05, 0) is 30.9 Å². The normalized spacial score (nSPS) is 31.2. The minimum Gasteiger partial charge on any atom is -0.273 e. The first-order chi connectivity index (χ1) is 8.73. The second-order valence-electron chi connectivity index (χ2n) is 5.44. The Morgan fingerprint density at radius 1 is 1.06 bits per heavy atom. The molecule has 3 aliphatic rings. The Morgan fingerprint density at radius 3 is 2.33 bits per heavy atom. The predicted molar refractivity (Wildman–Crippen MR) is 66.7 cm³/mol. The van der Waals surface area contributed by atoms with Gasteiger partial charge in [-0.25, -0.2) is 4.90 Å². The van der Waals surface area contributed by atoms with Crippen LogP contribution in [-0.2, 0) is 9.59 Å². The van der Waals surface area contributed by atoms with Crippen molar-refractivity contribution in [1.29, 1.82) is 0 Å². The van der Waals surface area contributed by atoms with Gasteiger partial charge >= 0.3 is 0 Å². The van der Waals surface area contributed by atoms with Gasteiger partial charge in [0.25, 0.3) is 0 Å². The molecule has 0 N–H and O–H groups in total. The van der Waals surface area contributed by atoms with Gasteiger partial charge in [0.2, 0.25) is 11.8 Å². The molecule has 1 heterocycles. The molecule has 1 aliphatic heterocycles. The minimum absolute atomic E-state index is 0.00412. The van der Waals surface area contributed by atoms with E-state index in [0.29, 0.717) is 11.6 Å². The van der Waals surface area contributed by atoms with Gasteiger partial charge in [0.15, 0.2) is 0 Å². The molecule has 1 spiro atoms. The summed E-state index contributed by atoms with van der Waals surface area (Å²) in [5.74, 6) is 0.564. The molecule has 0 aromatic heterocycles. The fraction of sp³-hybridized carbons (Fsp3) is 0.333. The minimum atomic E-state index is -0.713. The molecule has 1 aromatic rings. The van der Waals surface area contributed by atoms with Gasteiger partial charge in [0.1, 0.15) is 5.41 Å². The summed E-state index contributed by atoms with van der Waals surface area (Å²) in [6, 6.07) is 9.20. The average Bonchev–Trinajstić information content (AvgIpc) is 3.02. The number of anilines is 1. The van der Waals surface area contributed by atoms with Crippen molar-refractivity contribution in [3.8, 4) is 0 Å². The number of β-lactam (4-membered cyclic amide) rings is 2. The SMILES string of the molecule is O=C1N(c2ccccc2)C(=O)C12C[C@H]1C=C[C@@H]2C1. The van der Waals surface area contributed by atoms with Crippen molar-refractivity contribution < 1.29 is 9.59 Å². The summed E-state index contributed by atoms with van der Waals surface area (Å²) < 4.78 is 0. The first kappa shape index (κ1) is 10.1. The molecule has 3 heteroatoms. The van der Waals surface area contributed by atoms with E-state index < -0.39 is 5.41 Å². The largest absolute Gasteiger partial charge is 0.273 e. The van der Waals surface area contributed by atoms with Crippen LogP contribution in [0.25, 0.3) is 0 Å². The number of fused-ring (bicyclic) bond motifs is 3. The van der Waals surface area contributed by atoms with Gasteiger partial charge < -0.3 is 0 Å². The first-order valence-electron chi connectivity index (χ1n) is 6.36. The molecule has 1 saturated carbocycles. The van der Waals surface area contributed by atoms with Crippen molar-refractivity contribution in [3.63, 3.8) is 0 Å². The van der Waals surface area contributed by atoms with Crippen LogP contribution in [0.15, 0.2) is 42.5 Å². The van der Waals surface area contributed by atoms with Crippen molar-refractivity contribution in [2.75, 3.05) is 4.90 Å². The lowest BCUT2D eigenvalue weighted by molar-refractivity contribution is -0.154. The molecule has 3 nitrogen and oxygen atoms in total. The molecule has 2 atom stereocenters. The maximum Gasteiger partial charge on any atom is 0.250 e. The number of hydrogen-bond donors (Lipinski definition) is 0. The fourth-order valence-electron chi connectivity index (χ4n) is 3.69. The van der Waals surface area contributed by atoms with Crippen LogP contribution in [0.5, 0.6) is 0 Å². The summed E-state index contributed by atoms with van der Waals surface area (Å²) in [6.07, 6.45) is 5.91. The maximum atomic E-state index is 12.5. The van der Waals surface area contributed by atoms with Gasteiger partial charge in [0, 0.05) is 5.92 Å². The number of carbonyl (C=O) groups excluding carboxylic acids is 2. The lowest BCUT2D eigenvalue weighted by Crippen LogP contribution is -2.68. The summed E-state index contributed by atoms with van der Waals surface area (Å²) in [5.41, 5.74) is -0.0141. The highest BCUT2D eigenvalue weighted by Gasteiger charge is 2.68. The van der Waals surface area contributed by atoms with Gasteiger partial charge in [-0.15, -0.1) is 0 Å². The number of imide groups is 1. The van der Waals surface area contributed by atoms with Gasteiger partial charge in [-0.1, -0.05) is 30.4 Å². The Kier molecular flexibility index (Phi) is 1.74. The number of para-hydroxylation sites is 1. The van der Waals surface area contributed by atoms with Crippen molar-refractivity contribution in [2.45, 2.75) is 12.8 Å². The van der Waals surface area contributed by atoms with Gasteiger partial charge in [-0.3, -0.25) is 9.59 Å². The van der Waals surface area contributed by atoms with E-state index in [1.54, 1.807) is 0 Å². The Hall–Kier alpha value is -1.90. The van der Waals surface area contributed by atoms with E-state index in [0.717, 1.165) is 12.8 Å². The summed E-state index contributed by atoms with van der Waals surface area (Å²) >= 11 is 0. The summed E-state index contributed by atoms with van der Waals surface area (Å²) in [5, 5.41) is 0. The molecule has 2 bridgehead atoms. The second kappa shape index (κ2) is 3.10.